The number of hydrogen-bond donors (Lipinski definition) is 3. The second-order valence-electron chi connectivity index (χ2n) is 6.57. The van der Waals surface area contributed by atoms with Gasteiger partial charge in [-0.25, -0.2) is 15.4 Å². The van der Waals surface area contributed by atoms with Crippen LogP contribution in [0.3, 0.4) is 0 Å². The Morgan fingerprint density at radius 3 is 2.67 bits per heavy atom. The van der Waals surface area contributed by atoms with Crippen molar-refractivity contribution in [3.63, 3.8) is 0 Å². The lowest BCUT2D eigenvalue weighted by Gasteiger charge is -2.35. The molecule has 4 rings (SSSR count). The minimum atomic E-state index is -0.781. The normalized spacial score (nSPS) is 16.2. The molecule has 1 aliphatic heterocycles. The molecule has 0 atom stereocenters. The van der Waals surface area contributed by atoms with Crippen molar-refractivity contribution in [2.24, 2.45) is 7.05 Å². The summed E-state index contributed by atoms with van der Waals surface area (Å²) in [5.74, 6) is 0.258. The van der Waals surface area contributed by atoms with Gasteiger partial charge in [0.2, 0.25) is 0 Å². The standard InChI is InChI=1S/C18H20N6O3/c1-24-16-14(10-21-24)15(19-11-20-16)22-13-4-2-12(3-5-13)18(17(25)23-26)6-8-27-9-7-18/h2-5,10-11,26H,6-9H2,1H3,(H,23,25)(H,19,20,22). The number of aromatic nitrogens is 4. The largest absolute Gasteiger partial charge is 0.381 e. The van der Waals surface area contributed by atoms with E-state index in [0.717, 1.165) is 22.3 Å². The number of fused-ring (bicyclic) bond motifs is 1. The van der Waals surface area contributed by atoms with Gasteiger partial charge in [-0.1, -0.05) is 12.1 Å². The SMILES string of the molecule is Cn1ncc2c(Nc3ccc(C4(C(=O)NO)CCOCC4)cc3)ncnc21. The van der Waals surface area contributed by atoms with Gasteiger partial charge in [-0.3, -0.25) is 14.7 Å². The summed E-state index contributed by atoms with van der Waals surface area (Å²) in [6, 6.07) is 7.57. The Morgan fingerprint density at radius 2 is 1.96 bits per heavy atom. The molecule has 9 heteroatoms. The molecule has 0 bridgehead atoms. The Hall–Kier alpha value is -3.04. The van der Waals surface area contributed by atoms with Gasteiger partial charge < -0.3 is 10.1 Å². The van der Waals surface area contributed by atoms with E-state index in [1.807, 2.05) is 36.8 Å². The third-order valence-corrected chi connectivity index (χ3v) is 5.11. The fourth-order valence-electron chi connectivity index (χ4n) is 3.54. The van der Waals surface area contributed by atoms with E-state index in [9.17, 15) is 10.0 Å². The van der Waals surface area contributed by atoms with Gasteiger partial charge in [0.25, 0.3) is 5.91 Å². The van der Waals surface area contributed by atoms with Crippen LogP contribution in [0.1, 0.15) is 18.4 Å². The first kappa shape index (κ1) is 17.4. The number of amides is 1. The van der Waals surface area contributed by atoms with Crippen molar-refractivity contribution in [1.82, 2.24) is 25.2 Å². The van der Waals surface area contributed by atoms with E-state index >= 15 is 0 Å². The Labute approximate surface area is 155 Å². The third-order valence-electron chi connectivity index (χ3n) is 5.11. The average Bonchev–Trinajstić information content (AvgIpc) is 3.10. The molecule has 0 radical (unpaired) electrons. The van der Waals surface area contributed by atoms with Crippen LogP contribution in [-0.4, -0.2) is 44.1 Å². The van der Waals surface area contributed by atoms with Crippen molar-refractivity contribution in [3.05, 3.63) is 42.4 Å². The number of aryl methyl sites for hydroxylation is 1. The summed E-state index contributed by atoms with van der Waals surface area (Å²) in [6.45, 7) is 0.959. The molecular formula is C18H20N6O3. The van der Waals surface area contributed by atoms with Crippen molar-refractivity contribution in [2.75, 3.05) is 18.5 Å². The number of ether oxygens (including phenoxy) is 1. The van der Waals surface area contributed by atoms with Gasteiger partial charge in [0, 0.05) is 25.9 Å². The molecule has 3 N–H and O–H groups in total. The molecule has 1 fully saturated rings. The fraction of sp³-hybridized carbons (Fsp3) is 0.333. The molecule has 3 heterocycles. The lowest BCUT2D eigenvalue weighted by Crippen LogP contribution is -2.47. The first-order valence-electron chi connectivity index (χ1n) is 8.66. The molecule has 0 aliphatic carbocycles. The van der Waals surface area contributed by atoms with Crippen molar-refractivity contribution in [2.45, 2.75) is 18.3 Å². The first-order chi connectivity index (χ1) is 13.1. The third kappa shape index (κ3) is 3.00. The van der Waals surface area contributed by atoms with E-state index in [2.05, 4.69) is 20.4 Å². The molecule has 0 spiro atoms. The smallest absolute Gasteiger partial charge is 0.254 e. The number of carbonyl (C=O) groups excluding carboxylic acids is 1. The molecule has 27 heavy (non-hydrogen) atoms. The van der Waals surface area contributed by atoms with E-state index in [1.165, 1.54) is 6.33 Å². The number of anilines is 2. The number of hydroxylamine groups is 1. The minimum absolute atomic E-state index is 0.403. The lowest BCUT2D eigenvalue weighted by molar-refractivity contribution is -0.139. The number of benzene rings is 1. The quantitative estimate of drug-likeness (QED) is 0.474. The van der Waals surface area contributed by atoms with Gasteiger partial charge in [-0.15, -0.1) is 0 Å². The van der Waals surface area contributed by atoms with Crippen LogP contribution in [0.4, 0.5) is 11.5 Å². The summed E-state index contributed by atoms with van der Waals surface area (Å²) in [6.07, 6.45) is 4.25. The highest BCUT2D eigenvalue weighted by Gasteiger charge is 2.41. The van der Waals surface area contributed by atoms with Crippen LogP contribution in [0.25, 0.3) is 11.0 Å². The van der Waals surface area contributed by atoms with Crippen LogP contribution in [0, 0.1) is 0 Å². The predicted molar refractivity (Wildman–Crippen MR) is 97.7 cm³/mol. The number of nitrogens with zero attached hydrogens (tertiary/aromatic N) is 4. The number of carbonyl (C=O) groups is 1. The Kier molecular flexibility index (Phi) is 4.46. The second-order valence-corrected chi connectivity index (χ2v) is 6.57. The van der Waals surface area contributed by atoms with E-state index in [0.29, 0.717) is 31.9 Å². The maximum absolute atomic E-state index is 12.4. The second kappa shape index (κ2) is 6.93. The number of rotatable bonds is 4. The van der Waals surface area contributed by atoms with Crippen molar-refractivity contribution in [3.8, 4) is 0 Å². The first-order valence-corrected chi connectivity index (χ1v) is 8.66. The van der Waals surface area contributed by atoms with Crippen LogP contribution in [0.2, 0.25) is 0 Å². The molecule has 1 amide bonds. The van der Waals surface area contributed by atoms with Crippen molar-refractivity contribution in [1.29, 1.82) is 0 Å². The Morgan fingerprint density at radius 1 is 1.22 bits per heavy atom. The summed E-state index contributed by atoms with van der Waals surface area (Å²) < 4.78 is 7.08. The Balaban J connectivity index is 1.62. The monoisotopic (exact) mass is 368 g/mol. The number of hydrogen-bond acceptors (Lipinski definition) is 7. The molecule has 0 saturated carbocycles. The molecule has 1 saturated heterocycles. The van der Waals surface area contributed by atoms with Crippen LogP contribution >= 0.6 is 0 Å². The van der Waals surface area contributed by atoms with E-state index in [-0.39, 0.29) is 0 Å². The number of nitrogens with one attached hydrogen (secondary N) is 2. The topological polar surface area (TPSA) is 114 Å². The van der Waals surface area contributed by atoms with Crippen molar-refractivity contribution >= 4 is 28.4 Å². The lowest BCUT2D eigenvalue weighted by atomic mass is 9.73. The van der Waals surface area contributed by atoms with Crippen LogP contribution < -0.4 is 10.8 Å². The molecule has 9 nitrogen and oxygen atoms in total. The maximum Gasteiger partial charge on any atom is 0.254 e. The van der Waals surface area contributed by atoms with E-state index < -0.39 is 11.3 Å². The molecule has 1 aliphatic rings. The summed E-state index contributed by atoms with van der Waals surface area (Å²) >= 11 is 0. The zero-order valence-electron chi connectivity index (χ0n) is 14.8. The van der Waals surface area contributed by atoms with Crippen LogP contribution in [0.5, 0.6) is 0 Å². The molecular weight excluding hydrogens is 348 g/mol. The fourth-order valence-corrected chi connectivity index (χ4v) is 3.54. The zero-order chi connectivity index (χ0) is 18.9. The van der Waals surface area contributed by atoms with Gasteiger partial charge >= 0.3 is 0 Å². The van der Waals surface area contributed by atoms with E-state index in [1.54, 1.807) is 10.9 Å². The minimum Gasteiger partial charge on any atom is -0.381 e. The molecule has 2 aromatic heterocycles. The molecule has 140 valence electrons. The maximum atomic E-state index is 12.4. The summed E-state index contributed by atoms with van der Waals surface area (Å²) in [7, 11) is 1.83. The van der Waals surface area contributed by atoms with Gasteiger partial charge in [0.15, 0.2) is 5.65 Å². The van der Waals surface area contributed by atoms with Gasteiger partial charge in [-0.05, 0) is 30.5 Å². The average molecular weight is 368 g/mol. The van der Waals surface area contributed by atoms with E-state index in [4.69, 9.17) is 4.74 Å². The van der Waals surface area contributed by atoms with Gasteiger partial charge in [0.1, 0.15) is 12.1 Å². The highest BCUT2D eigenvalue weighted by atomic mass is 16.5. The molecule has 3 aromatic rings. The summed E-state index contributed by atoms with van der Waals surface area (Å²) in [4.78, 5) is 20.9. The van der Waals surface area contributed by atoms with Crippen molar-refractivity contribution < 1.29 is 14.7 Å². The molecule has 0 unspecified atom stereocenters. The van der Waals surface area contributed by atoms with Crippen LogP contribution in [0.15, 0.2) is 36.8 Å². The summed E-state index contributed by atoms with van der Waals surface area (Å²) in [5.41, 5.74) is 3.45. The highest BCUT2D eigenvalue weighted by Crippen LogP contribution is 2.36. The molecule has 1 aromatic carbocycles. The zero-order valence-corrected chi connectivity index (χ0v) is 14.8. The van der Waals surface area contributed by atoms with Crippen LogP contribution in [-0.2, 0) is 22.0 Å². The van der Waals surface area contributed by atoms with Gasteiger partial charge in [-0.2, -0.15) is 5.10 Å². The highest BCUT2D eigenvalue weighted by molar-refractivity contribution is 5.89. The summed E-state index contributed by atoms with van der Waals surface area (Å²) in [5, 5.41) is 17.5. The predicted octanol–water partition coefficient (Wildman–Crippen LogP) is 1.66. The Bertz CT molecular complexity index is 963. The van der Waals surface area contributed by atoms with Gasteiger partial charge in [0.05, 0.1) is 17.0 Å².